The second-order valence-electron chi connectivity index (χ2n) is 7.18. The lowest BCUT2D eigenvalue weighted by molar-refractivity contribution is -0.128. The van der Waals surface area contributed by atoms with Crippen molar-refractivity contribution in [2.75, 3.05) is 18.1 Å². The number of nitrogens with zero attached hydrogens (tertiary/aromatic N) is 1. The molecule has 2 aliphatic rings. The lowest BCUT2D eigenvalue weighted by Crippen LogP contribution is -2.52. The number of aryl methyl sites for hydroxylation is 1. The smallest absolute Gasteiger partial charge is 0.227 e. The van der Waals surface area contributed by atoms with Gasteiger partial charge in [-0.3, -0.25) is 9.59 Å². The number of nitrogens with one attached hydrogen (secondary N) is 1. The molecule has 1 aromatic carbocycles. The van der Waals surface area contributed by atoms with E-state index in [9.17, 15) is 14.7 Å². The van der Waals surface area contributed by atoms with Crippen LogP contribution in [0.1, 0.15) is 31.7 Å². The van der Waals surface area contributed by atoms with Gasteiger partial charge in [-0.15, -0.1) is 0 Å². The van der Waals surface area contributed by atoms with Crippen LogP contribution in [0, 0.1) is 18.8 Å². The van der Waals surface area contributed by atoms with Gasteiger partial charge in [-0.25, -0.2) is 0 Å². The van der Waals surface area contributed by atoms with Crippen molar-refractivity contribution in [3.63, 3.8) is 0 Å². The minimum Gasteiger partial charge on any atom is -0.394 e. The Bertz CT molecular complexity index is 674. The molecule has 0 radical (unpaired) electrons. The maximum atomic E-state index is 12.6. The molecule has 2 fully saturated rings. The highest BCUT2D eigenvalue weighted by Gasteiger charge is 2.44. The van der Waals surface area contributed by atoms with Crippen LogP contribution < -0.4 is 10.2 Å². The number of benzene rings is 1. The summed E-state index contributed by atoms with van der Waals surface area (Å²) in [5, 5.41) is 12.6. The zero-order valence-electron chi connectivity index (χ0n) is 14.0. The molecule has 0 aromatic heterocycles. The summed E-state index contributed by atoms with van der Waals surface area (Å²) in [5.41, 5.74) is 1.31. The number of carbonyl (C=O) groups is 2. The highest BCUT2D eigenvalue weighted by molar-refractivity contribution is 9.10. The Kier molecular flexibility index (Phi) is 4.71. The largest absolute Gasteiger partial charge is 0.394 e. The number of carbonyl (C=O) groups excluding carboxylic acids is 2. The Morgan fingerprint density at radius 1 is 1.46 bits per heavy atom. The molecule has 1 aliphatic heterocycles. The fraction of sp³-hybridized carbons (Fsp3) is 0.556. The van der Waals surface area contributed by atoms with Gasteiger partial charge in [0.05, 0.1) is 18.1 Å². The van der Waals surface area contributed by atoms with Crippen molar-refractivity contribution in [3.8, 4) is 0 Å². The average Bonchev–Trinajstić information content (AvgIpc) is 3.33. The van der Waals surface area contributed by atoms with Crippen molar-refractivity contribution in [2.45, 2.75) is 38.6 Å². The third kappa shape index (κ3) is 3.35. The number of hydrogen-bond donors (Lipinski definition) is 2. The van der Waals surface area contributed by atoms with Crippen LogP contribution in [0.25, 0.3) is 0 Å². The summed E-state index contributed by atoms with van der Waals surface area (Å²) in [5.74, 6) is -0.197. The standard InChI is InChI=1S/C18H23BrN2O3/c1-11-7-14(5-6-15(11)19)21-9-12(8-16(21)23)17(24)20-18(2,10-22)13-3-4-13/h5-7,12-13,22H,3-4,8-10H2,1-2H3,(H,20,24)/t12-,18-/m0/s1. The monoisotopic (exact) mass is 394 g/mol. The quantitative estimate of drug-likeness (QED) is 0.805. The van der Waals surface area contributed by atoms with Crippen LogP contribution in [0.15, 0.2) is 22.7 Å². The lowest BCUT2D eigenvalue weighted by atomic mass is 9.95. The minimum atomic E-state index is -0.568. The highest BCUT2D eigenvalue weighted by atomic mass is 79.9. The topological polar surface area (TPSA) is 69.6 Å². The van der Waals surface area contributed by atoms with Gasteiger partial charge in [0, 0.05) is 23.1 Å². The minimum absolute atomic E-state index is 0.0333. The molecule has 2 amide bonds. The molecular weight excluding hydrogens is 372 g/mol. The molecule has 1 saturated heterocycles. The number of hydrogen-bond acceptors (Lipinski definition) is 3. The molecule has 3 rings (SSSR count). The number of amides is 2. The number of anilines is 1. The van der Waals surface area contributed by atoms with Crippen LogP contribution >= 0.6 is 15.9 Å². The zero-order valence-corrected chi connectivity index (χ0v) is 15.6. The van der Waals surface area contributed by atoms with E-state index in [0.29, 0.717) is 12.5 Å². The van der Waals surface area contributed by atoms with Crippen molar-refractivity contribution in [3.05, 3.63) is 28.2 Å². The van der Waals surface area contributed by atoms with Gasteiger partial charge in [0.15, 0.2) is 0 Å². The Morgan fingerprint density at radius 3 is 2.75 bits per heavy atom. The first kappa shape index (κ1) is 17.4. The second kappa shape index (κ2) is 6.48. The SMILES string of the molecule is Cc1cc(N2C[C@@H](C(=O)N[C@@](C)(CO)C3CC3)CC2=O)ccc1Br. The molecule has 0 unspecified atom stereocenters. The summed E-state index contributed by atoms with van der Waals surface area (Å²) in [7, 11) is 0. The fourth-order valence-corrected chi connectivity index (χ4v) is 3.55. The predicted octanol–water partition coefficient (Wildman–Crippen LogP) is 2.39. The summed E-state index contributed by atoms with van der Waals surface area (Å²) in [6, 6.07) is 5.75. The van der Waals surface area contributed by atoms with E-state index in [2.05, 4.69) is 21.2 Å². The molecule has 1 saturated carbocycles. The van der Waals surface area contributed by atoms with Crippen LogP contribution in [0.3, 0.4) is 0 Å². The number of rotatable bonds is 5. The van der Waals surface area contributed by atoms with E-state index in [0.717, 1.165) is 28.6 Å². The van der Waals surface area contributed by atoms with Crippen molar-refractivity contribution in [1.82, 2.24) is 5.32 Å². The van der Waals surface area contributed by atoms with Gasteiger partial charge < -0.3 is 15.3 Å². The zero-order chi connectivity index (χ0) is 17.5. The van der Waals surface area contributed by atoms with Gasteiger partial charge in [0.25, 0.3) is 0 Å². The molecule has 6 heteroatoms. The van der Waals surface area contributed by atoms with Crippen LogP contribution in [0.4, 0.5) is 5.69 Å². The summed E-state index contributed by atoms with van der Waals surface area (Å²) in [6.45, 7) is 4.17. The Hall–Kier alpha value is -1.40. The van der Waals surface area contributed by atoms with Gasteiger partial charge >= 0.3 is 0 Å². The fourth-order valence-electron chi connectivity index (χ4n) is 3.30. The van der Waals surface area contributed by atoms with Crippen LogP contribution in [0.5, 0.6) is 0 Å². The van der Waals surface area contributed by atoms with Gasteiger partial charge in [0.2, 0.25) is 11.8 Å². The average molecular weight is 395 g/mol. The summed E-state index contributed by atoms with van der Waals surface area (Å²) in [6.07, 6.45) is 2.28. The van der Waals surface area contributed by atoms with E-state index in [1.54, 1.807) is 4.90 Å². The van der Waals surface area contributed by atoms with E-state index in [-0.39, 0.29) is 30.8 Å². The molecular formula is C18H23BrN2O3. The van der Waals surface area contributed by atoms with E-state index >= 15 is 0 Å². The van der Waals surface area contributed by atoms with E-state index in [4.69, 9.17) is 0 Å². The summed E-state index contributed by atoms with van der Waals surface area (Å²) < 4.78 is 0.996. The van der Waals surface area contributed by atoms with Gasteiger partial charge in [-0.1, -0.05) is 15.9 Å². The van der Waals surface area contributed by atoms with E-state index in [1.165, 1.54) is 0 Å². The number of aliphatic hydroxyl groups is 1. The molecule has 1 aliphatic carbocycles. The first-order valence-electron chi connectivity index (χ1n) is 8.33. The van der Waals surface area contributed by atoms with Crippen molar-refractivity contribution in [2.24, 2.45) is 11.8 Å². The number of halogens is 1. The number of aliphatic hydroxyl groups excluding tert-OH is 1. The first-order chi connectivity index (χ1) is 11.3. The summed E-state index contributed by atoms with van der Waals surface area (Å²) >= 11 is 3.46. The molecule has 5 nitrogen and oxygen atoms in total. The van der Waals surface area contributed by atoms with Crippen LogP contribution in [-0.4, -0.2) is 35.6 Å². The third-order valence-electron chi connectivity index (χ3n) is 5.16. The maximum Gasteiger partial charge on any atom is 0.227 e. The Labute approximate surface area is 150 Å². The molecule has 24 heavy (non-hydrogen) atoms. The first-order valence-corrected chi connectivity index (χ1v) is 9.13. The van der Waals surface area contributed by atoms with Gasteiger partial charge in [-0.2, -0.15) is 0 Å². The lowest BCUT2D eigenvalue weighted by Gasteiger charge is -2.30. The maximum absolute atomic E-state index is 12.6. The van der Waals surface area contributed by atoms with E-state index in [1.807, 2.05) is 32.0 Å². The molecule has 1 heterocycles. The third-order valence-corrected chi connectivity index (χ3v) is 6.05. The summed E-state index contributed by atoms with van der Waals surface area (Å²) in [4.78, 5) is 26.6. The normalized spacial score (nSPS) is 23.2. The van der Waals surface area contributed by atoms with Crippen molar-refractivity contribution >= 4 is 33.4 Å². The Morgan fingerprint density at radius 2 is 2.17 bits per heavy atom. The molecule has 0 spiro atoms. The molecule has 130 valence electrons. The second-order valence-corrected chi connectivity index (χ2v) is 8.03. The molecule has 2 atom stereocenters. The Balaban J connectivity index is 1.69. The van der Waals surface area contributed by atoms with Crippen molar-refractivity contribution < 1.29 is 14.7 Å². The van der Waals surface area contributed by atoms with Crippen molar-refractivity contribution in [1.29, 1.82) is 0 Å². The highest BCUT2D eigenvalue weighted by Crippen LogP contribution is 2.39. The van der Waals surface area contributed by atoms with Gasteiger partial charge in [0.1, 0.15) is 0 Å². The van der Waals surface area contributed by atoms with Crippen LogP contribution in [-0.2, 0) is 9.59 Å². The molecule has 1 aromatic rings. The van der Waals surface area contributed by atoms with Gasteiger partial charge in [-0.05, 0) is 56.4 Å². The molecule has 0 bridgehead atoms. The molecule has 2 N–H and O–H groups in total. The van der Waals surface area contributed by atoms with Crippen LogP contribution in [0.2, 0.25) is 0 Å². The van der Waals surface area contributed by atoms with E-state index < -0.39 is 5.54 Å². The predicted molar refractivity (Wildman–Crippen MR) is 95.7 cm³/mol.